The molecule has 406 valence electrons. The first-order valence-corrected chi connectivity index (χ1v) is 29.7. The van der Waals surface area contributed by atoms with Crippen LogP contribution in [0.15, 0.2) is 97.2 Å². The van der Waals surface area contributed by atoms with E-state index in [0.717, 1.165) is 135 Å². The van der Waals surface area contributed by atoms with Crippen molar-refractivity contribution in [1.82, 2.24) is 0 Å². The number of ether oxygens (including phenoxy) is 3. The Hall–Kier alpha value is -3.67. The van der Waals surface area contributed by atoms with E-state index in [4.69, 9.17) is 14.2 Å². The summed E-state index contributed by atoms with van der Waals surface area (Å²) in [6.45, 7) is 6.39. The molecular formula is C65H110O6. The lowest BCUT2D eigenvalue weighted by Crippen LogP contribution is -2.30. The first-order valence-electron chi connectivity index (χ1n) is 29.7. The summed E-state index contributed by atoms with van der Waals surface area (Å²) in [6, 6.07) is 0. The van der Waals surface area contributed by atoms with E-state index in [1.54, 1.807) is 0 Å². The molecule has 0 saturated carbocycles. The Labute approximate surface area is 438 Å². The van der Waals surface area contributed by atoms with E-state index in [0.29, 0.717) is 19.3 Å². The normalized spacial score (nSPS) is 12.8. The fourth-order valence-electron chi connectivity index (χ4n) is 8.19. The second-order valence-electron chi connectivity index (χ2n) is 19.5. The maximum absolute atomic E-state index is 12.9. The van der Waals surface area contributed by atoms with Crippen LogP contribution in [0.2, 0.25) is 0 Å². The van der Waals surface area contributed by atoms with Crippen molar-refractivity contribution in [1.29, 1.82) is 0 Å². The van der Waals surface area contributed by atoms with Crippen LogP contribution < -0.4 is 0 Å². The standard InChI is InChI=1S/C65H110O6/c1-4-7-10-13-16-19-22-25-27-29-31-32-34-35-37-40-43-46-49-52-55-58-64(67)70-61-62(60-69-63(66)57-54-51-48-45-42-39-24-21-18-15-12-9-6-3)71-65(68)59-56-53-50-47-44-41-38-36-33-30-28-26-23-20-17-14-11-8-5-2/h7,9-10,12,16,18-19,21,25,27,31-32,35,37,39,42,62H,4-6,8,11,13-15,17,20,22-24,26,28-30,33-34,36,38,40-41,43-61H2,1-3H3/b10-7-,12-9-,19-16-,21-18-,27-25-,32-31-,37-35-,42-39-. The molecule has 6 heteroatoms. The van der Waals surface area contributed by atoms with E-state index in [-0.39, 0.29) is 31.1 Å². The maximum atomic E-state index is 12.9. The molecule has 0 aliphatic heterocycles. The van der Waals surface area contributed by atoms with Crippen LogP contribution in [0.3, 0.4) is 0 Å². The van der Waals surface area contributed by atoms with Crippen molar-refractivity contribution in [3.63, 3.8) is 0 Å². The highest BCUT2D eigenvalue weighted by Crippen LogP contribution is 2.16. The summed E-state index contributed by atoms with van der Waals surface area (Å²) < 4.78 is 16.9. The summed E-state index contributed by atoms with van der Waals surface area (Å²) in [4.78, 5) is 38.2. The summed E-state index contributed by atoms with van der Waals surface area (Å²) in [7, 11) is 0. The predicted molar refractivity (Wildman–Crippen MR) is 307 cm³/mol. The highest BCUT2D eigenvalue weighted by molar-refractivity contribution is 5.71. The molecule has 6 nitrogen and oxygen atoms in total. The highest BCUT2D eigenvalue weighted by Gasteiger charge is 2.19. The summed E-state index contributed by atoms with van der Waals surface area (Å²) in [5.74, 6) is -0.935. The molecule has 0 saturated heterocycles. The van der Waals surface area contributed by atoms with Gasteiger partial charge < -0.3 is 14.2 Å². The van der Waals surface area contributed by atoms with Gasteiger partial charge in [0.25, 0.3) is 0 Å². The maximum Gasteiger partial charge on any atom is 0.306 e. The SMILES string of the molecule is CC/C=C\C/C=C\C/C=C\C/C=C\C/C=C\CCCCCCCC(=O)OCC(COC(=O)CCCCC/C=C\C/C=C\C/C=C\CC)OC(=O)CCCCCCCCCCCCCCCCCCCCC. The zero-order chi connectivity index (χ0) is 51.4. The average Bonchev–Trinajstić information content (AvgIpc) is 3.37. The summed E-state index contributed by atoms with van der Waals surface area (Å²) in [5.41, 5.74) is 0. The van der Waals surface area contributed by atoms with Gasteiger partial charge in [-0.25, -0.2) is 0 Å². The van der Waals surface area contributed by atoms with Gasteiger partial charge in [0.05, 0.1) is 0 Å². The molecule has 0 heterocycles. The first-order chi connectivity index (χ1) is 35.0. The van der Waals surface area contributed by atoms with Gasteiger partial charge in [-0.2, -0.15) is 0 Å². The molecule has 1 atom stereocenters. The molecule has 0 aromatic heterocycles. The molecule has 71 heavy (non-hydrogen) atoms. The molecule has 0 spiro atoms. The van der Waals surface area contributed by atoms with Gasteiger partial charge in [-0.15, -0.1) is 0 Å². The number of hydrogen-bond acceptors (Lipinski definition) is 6. The Morgan fingerprint density at radius 2 is 0.549 bits per heavy atom. The Morgan fingerprint density at radius 1 is 0.296 bits per heavy atom. The average molecular weight is 988 g/mol. The Bertz CT molecular complexity index is 1410. The van der Waals surface area contributed by atoms with Gasteiger partial charge in [0.1, 0.15) is 13.2 Å². The van der Waals surface area contributed by atoms with E-state index >= 15 is 0 Å². The Kier molecular flexibility index (Phi) is 55.9. The van der Waals surface area contributed by atoms with Crippen LogP contribution in [0.4, 0.5) is 0 Å². The van der Waals surface area contributed by atoms with Crippen LogP contribution >= 0.6 is 0 Å². The number of hydrogen-bond donors (Lipinski definition) is 0. The fourth-order valence-corrected chi connectivity index (χ4v) is 8.19. The molecule has 0 amide bonds. The zero-order valence-electron chi connectivity index (χ0n) is 46.5. The molecule has 0 aliphatic carbocycles. The molecular weight excluding hydrogens is 877 g/mol. The van der Waals surface area contributed by atoms with E-state index in [1.165, 1.54) is 103 Å². The van der Waals surface area contributed by atoms with E-state index in [1.807, 2.05) is 0 Å². The minimum absolute atomic E-state index is 0.0960. The van der Waals surface area contributed by atoms with Crippen LogP contribution in [0.25, 0.3) is 0 Å². The third-order valence-corrected chi connectivity index (χ3v) is 12.6. The van der Waals surface area contributed by atoms with Gasteiger partial charge in [0.15, 0.2) is 6.10 Å². The van der Waals surface area contributed by atoms with Gasteiger partial charge in [0, 0.05) is 19.3 Å². The zero-order valence-corrected chi connectivity index (χ0v) is 46.5. The largest absolute Gasteiger partial charge is 0.462 e. The molecule has 0 aromatic rings. The van der Waals surface area contributed by atoms with Crippen LogP contribution in [0, 0.1) is 0 Å². The van der Waals surface area contributed by atoms with E-state index in [2.05, 4.69) is 118 Å². The fraction of sp³-hybridized carbons (Fsp3) is 0.708. The minimum atomic E-state index is -0.798. The van der Waals surface area contributed by atoms with Gasteiger partial charge in [-0.1, -0.05) is 259 Å². The van der Waals surface area contributed by atoms with Crippen molar-refractivity contribution >= 4 is 17.9 Å². The van der Waals surface area contributed by atoms with Crippen molar-refractivity contribution in [3.8, 4) is 0 Å². The number of allylic oxidation sites excluding steroid dienone is 16. The van der Waals surface area contributed by atoms with Crippen LogP contribution in [-0.4, -0.2) is 37.2 Å². The molecule has 0 fully saturated rings. The third kappa shape index (κ3) is 57.1. The van der Waals surface area contributed by atoms with E-state index < -0.39 is 6.10 Å². The minimum Gasteiger partial charge on any atom is -0.462 e. The van der Waals surface area contributed by atoms with Crippen LogP contribution in [0.1, 0.15) is 278 Å². The lowest BCUT2D eigenvalue weighted by atomic mass is 10.0. The monoisotopic (exact) mass is 987 g/mol. The number of rotatable bonds is 53. The molecule has 0 aromatic carbocycles. The second-order valence-corrected chi connectivity index (χ2v) is 19.5. The molecule has 0 rings (SSSR count). The Balaban J connectivity index is 4.41. The first kappa shape index (κ1) is 67.3. The summed E-state index contributed by atoms with van der Waals surface area (Å²) in [6.07, 6.45) is 78.3. The predicted octanol–water partition coefficient (Wildman–Crippen LogP) is 20.1. The highest BCUT2D eigenvalue weighted by atomic mass is 16.6. The summed E-state index contributed by atoms with van der Waals surface area (Å²) in [5, 5.41) is 0. The topological polar surface area (TPSA) is 78.9 Å². The molecule has 1 unspecified atom stereocenters. The summed E-state index contributed by atoms with van der Waals surface area (Å²) >= 11 is 0. The smallest absolute Gasteiger partial charge is 0.306 e. The van der Waals surface area contributed by atoms with Crippen molar-refractivity contribution in [2.75, 3.05) is 13.2 Å². The van der Waals surface area contributed by atoms with Gasteiger partial charge in [0.2, 0.25) is 0 Å². The van der Waals surface area contributed by atoms with Crippen molar-refractivity contribution < 1.29 is 28.6 Å². The number of carbonyl (C=O) groups is 3. The van der Waals surface area contributed by atoms with Gasteiger partial charge in [-0.3, -0.25) is 14.4 Å². The lowest BCUT2D eigenvalue weighted by Gasteiger charge is -2.18. The van der Waals surface area contributed by atoms with Crippen LogP contribution in [-0.2, 0) is 28.6 Å². The molecule has 0 bridgehead atoms. The van der Waals surface area contributed by atoms with Gasteiger partial charge >= 0.3 is 17.9 Å². The second kappa shape index (κ2) is 58.9. The lowest BCUT2D eigenvalue weighted by molar-refractivity contribution is -0.167. The Morgan fingerprint density at radius 3 is 0.873 bits per heavy atom. The van der Waals surface area contributed by atoms with Crippen LogP contribution in [0.5, 0.6) is 0 Å². The number of esters is 3. The quantitative estimate of drug-likeness (QED) is 0.0261. The van der Waals surface area contributed by atoms with Gasteiger partial charge in [-0.05, 0) is 96.3 Å². The molecule has 0 radical (unpaired) electrons. The van der Waals surface area contributed by atoms with Crippen molar-refractivity contribution in [3.05, 3.63) is 97.2 Å². The third-order valence-electron chi connectivity index (χ3n) is 12.6. The number of unbranched alkanes of at least 4 members (excludes halogenated alkanes) is 26. The van der Waals surface area contributed by atoms with E-state index in [9.17, 15) is 14.4 Å². The van der Waals surface area contributed by atoms with Crippen molar-refractivity contribution in [2.45, 2.75) is 284 Å². The number of carbonyl (C=O) groups excluding carboxylic acids is 3. The molecule has 0 N–H and O–H groups in total. The molecule has 0 aliphatic rings. The van der Waals surface area contributed by atoms with Crippen molar-refractivity contribution in [2.24, 2.45) is 0 Å².